The maximum atomic E-state index is 12.1. The molecule has 1 N–H and O–H groups in total. The number of benzene rings is 1. The summed E-state index contributed by atoms with van der Waals surface area (Å²) in [7, 11) is 0. The summed E-state index contributed by atoms with van der Waals surface area (Å²) in [6.07, 6.45) is 6.23. The van der Waals surface area contributed by atoms with E-state index in [1.165, 1.54) is 5.56 Å². The Morgan fingerprint density at radius 2 is 2.04 bits per heavy atom. The molecule has 1 aromatic carbocycles. The first kappa shape index (κ1) is 15.7. The number of pyridine rings is 1. The Bertz CT molecular complexity index is 868. The van der Waals surface area contributed by atoms with Gasteiger partial charge in [-0.3, -0.25) is 4.79 Å². The molecular formula is C17H15IN4O. The van der Waals surface area contributed by atoms with Crippen molar-refractivity contribution in [3.05, 3.63) is 69.2 Å². The smallest absolute Gasteiger partial charge is 0.291 e. The van der Waals surface area contributed by atoms with Crippen molar-refractivity contribution in [2.24, 2.45) is 5.10 Å². The molecule has 0 aliphatic rings. The average molecular weight is 418 g/mol. The van der Waals surface area contributed by atoms with Crippen LogP contribution in [0.3, 0.4) is 0 Å². The third-order valence-corrected chi connectivity index (χ3v) is 4.05. The SMILES string of the molecule is CCc1ccc(/C=N/NC(=O)c2cn3cc(I)ccc3n2)cc1. The second-order valence-electron chi connectivity index (χ2n) is 5.03. The van der Waals surface area contributed by atoms with Gasteiger partial charge in [0, 0.05) is 16.0 Å². The molecule has 0 saturated heterocycles. The van der Waals surface area contributed by atoms with E-state index >= 15 is 0 Å². The second kappa shape index (κ2) is 6.91. The van der Waals surface area contributed by atoms with Gasteiger partial charge in [0.05, 0.1) is 6.21 Å². The van der Waals surface area contributed by atoms with Crippen LogP contribution in [0.5, 0.6) is 0 Å². The standard InChI is InChI=1S/C17H15IN4O/c1-2-12-3-5-13(6-4-12)9-19-21-17(23)15-11-22-10-14(18)7-8-16(22)20-15/h3-11H,2H2,1H3,(H,21,23)/b19-9+. The van der Waals surface area contributed by atoms with Crippen molar-refractivity contribution in [1.29, 1.82) is 0 Å². The van der Waals surface area contributed by atoms with Crippen molar-refractivity contribution in [2.75, 3.05) is 0 Å². The molecule has 0 atom stereocenters. The molecule has 2 heterocycles. The summed E-state index contributed by atoms with van der Waals surface area (Å²) in [5.74, 6) is -0.329. The van der Waals surface area contributed by atoms with Gasteiger partial charge in [-0.15, -0.1) is 0 Å². The Labute approximate surface area is 147 Å². The zero-order chi connectivity index (χ0) is 16.2. The Morgan fingerprint density at radius 3 is 2.78 bits per heavy atom. The van der Waals surface area contributed by atoms with Gasteiger partial charge in [-0.1, -0.05) is 31.2 Å². The predicted molar refractivity (Wildman–Crippen MR) is 98.8 cm³/mol. The van der Waals surface area contributed by atoms with E-state index in [0.29, 0.717) is 5.69 Å². The predicted octanol–water partition coefficient (Wildman–Crippen LogP) is 3.27. The quantitative estimate of drug-likeness (QED) is 0.402. The van der Waals surface area contributed by atoms with Crippen LogP contribution in [0.25, 0.3) is 5.65 Å². The maximum Gasteiger partial charge on any atom is 0.291 e. The molecule has 23 heavy (non-hydrogen) atoms. The lowest BCUT2D eigenvalue weighted by Crippen LogP contribution is -2.17. The number of carbonyl (C=O) groups is 1. The largest absolute Gasteiger partial charge is 0.305 e. The van der Waals surface area contributed by atoms with E-state index in [2.05, 4.69) is 45.0 Å². The van der Waals surface area contributed by atoms with Crippen LogP contribution in [0.2, 0.25) is 0 Å². The number of aromatic nitrogens is 2. The van der Waals surface area contributed by atoms with Crippen molar-refractivity contribution in [3.63, 3.8) is 0 Å². The molecule has 3 aromatic rings. The monoisotopic (exact) mass is 418 g/mol. The molecule has 1 amide bonds. The number of rotatable bonds is 4. The van der Waals surface area contributed by atoms with Crippen molar-refractivity contribution < 1.29 is 4.79 Å². The lowest BCUT2D eigenvalue weighted by Gasteiger charge is -1.97. The second-order valence-corrected chi connectivity index (χ2v) is 6.28. The van der Waals surface area contributed by atoms with E-state index in [9.17, 15) is 4.79 Å². The van der Waals surface area contributed by atoms with E-state index in [0.717, 1.165) is 21.2 Å². The highest BCUT2D eigenvalue weighted by atomic mass is 127. The van der Waals surface area contributed by atoms with Gasteiger partial charge >= 0.3 is 0 Å². The summed E-state index contributed by atoms with van der Waals surface area (Å²) in [6, 6.07) is 11.9. The van der Waals surface area contributed by atoms with Crippen molar-refractivity contribution >= 4 is 40.4 Å². The molecule has 0 radical (unpaired) electrons. The minimum atomic E-state index is -0.329. The molecule has 3 rings (SSSR count). The molecule has 116 valence electrons. The first-order valence-electron chi connectivity index (χ1n) is 7.22. The van der Waals surface area contributed by atoms with Crippen LogP contribution in [0.1, 0.15) is 28.5 Å². The van der Waals surface area contributed by atoms with Crippen molar-refractivity contribution in [3.8, 4) is 0 Å². The normalized spacial score (nSPS) is 11.2. The summed E-state index contributed by atoms with van der Waals surface area (Å²) in [5, 5.41) is 3.99. The maximum absolute atomic E-state index is 12.1. The summed E-state index contributed by atoms with van der Waals surface area (Å²) in [4.78, 5) is 16.4. The van der Waals surface area contributed by atoms with Crippen LogP contribution < -0.4 is 5.43 Å². The van der Waals surface area contributed by atoms with Gasteiger partial charge in [-0.2, -0.15) is 5.10 Å². The molecule has 0 unspecified atom stereocenters. The number of fused-ring (bicyclic) bond motifs is 1. The Hall–Kier alpha value is -2.22. The topological polar surface area (TPSA) is 58.8 Å². The number of imidazole rings is 1. The molecule has 0 saturated carbocycles. The highest BCUT2D eigenvalue weighted by molar-refractivity contribution is 14.1. The first-order chi connectivity index (χ1) is 11.2. The molecule has 0 aliphatic heterocycles. The van der Waals surface area contributed by atoms with Crippen LogP contribution in [-0.4, -0.2) is 21.5 Å². The molecule has 6 heteroatoms. The Balaban J connectivity index is 1.68. The first-order valence-corrected chi connectivity index (χ1v) is 8.30. The summed E-state index contributed by atoms with van der Waals surface area (Å²) >= 11 is 2.22. The number of carbonyl (C=O) groups excluding carboxylic acids is 1. The van der Waals surface area contributed by atoms with Crippen LogP contribution in [0.15, 0.2) is 53.9 Å². The number of halogens is 1. The number of hydrogen-bond acceptors (Lipinski definition) is 3. The summed E-state index contributed by atoms with van der Waals surface area (Å²) in [5.41, 5.74) is 5.78. The van der Waals surface area contributed by atoms with E-state index in [1.54, 1.807) is 12.4 Å². The minimum absolute atomic E-state index is 0.329. The Morgan fingerprint density at radius 1 is 1.26 bits per heavy atom. The fourth-order valence-electron chi connectivity index (χ4n) is 2.14. The minimum Gasteiger partial charge on any atom is -0.305 e. The molecule has 0 bridgehead atoms. The lowest BCUT2D eigenvalue weighted by molar-refractivity contribution is 0.0951. The fraction of sp³-hybridized carbons (Fsp3) is 0.118. The fourth-order valence-corrected chi connectivity index (χ4v) is 2.62. The van der Waals surface area contributed by atoms with Gasteiger partial charge in [0.15, 0.2) is 0 Å². The van der Waals surface area contributed by atoms with Gasteiger partial charge in [-0.25, -0.2) is 10.4 Å². The number of nitrogens with one attached hydrogen (secondary N) is 1. The van der Waals surface area contributed by atoms with E-state index < -0.39 is 0 Å². The third kappa shape index (κ3) is 3.76. The number of amides is 1. The molecule has 5 nitrogen and oxygen atoms in total. The van der Waals surface area contributed by atoms with Crippen molar-refractivity contribution in [2.45, 2.75) is 13.3 Å². The molecule has 0 fully saturated rings. The molecule has 0 spiro atoms. The highest BCUT2D eigenvalue weighted by Gasteiger charge is 2.09. The van der Waals surface area contributed by atoms with Gasteiger partial charge in [0.2, 0.25) is 0 Å². The molecular weight excluding hydrogens is 403 g/mol. The van der Waals surface area contributed by atoms with Gasteiger partial charge in [-0.05, 0) is 52.3 Å². The van der Waals surface area contributed by atoms with E-state index in [1.807, 2.05) is 47.0 Å². The number of hydrazone groups is 1. The highest BCUT2D eigenvalue weighted by Crippen LogP contribution is 2.09. The Kier molecular flexibility index (Phi) is 4.71. The zero-order valence-electron chi connectivity index (χ0n) is 12.5. The van der Waals surface area contributed by atoms with Crippen LogP contribution in [0.4, 0.5) is 0 Å². The van der Waals surface area contributed by atoms with Crippen LogP contribution in [-0.2, 0) is 6.42 Å². The van der Waals surface area contributed by atoms with E-state index in [4.69, 9.17) is 0 Å². The van der Waals surface area contributed by atoms with Gasteiger partial charge in [0.25, 0.3) is 5.91 Å². The van der Waals surface area contributed by atoms with Gasteiger partial charge in [0.1, 0.15) is 11.3 Å². The molecule has 2 aromatic heterocycles. The summed E-state index contributed by atoms with van der Waals surface area (Å²) < 4.78 is 2.90. The zero-order valence-corrected chi connectivity index (χ0v) is 14.7. The van der Waals surface area contributed by atoms with Crippen LogP contribution >= 0.6 is 22.6 Å². The van der Waals surface area contributed by atoms with Crippen molar-refractivity contribution in [1.82, 2.24) is 14.8 Å². The number of aryl methyl sites for hydroxylation is 1. The van der Waals surface area contributed by atoms with Gasteiger partial charge < -0.3 is 4.40 Å². The third-order valence-electron chi connectivity index (χ3n) is 3.42. The average Bonchev–Trinajstić information content (AvgIpc) is 2.98. The molecule has 0 aliphatic carbocycles. The number of hydrogen-bond donors (Lipinski definition) is 1. The number of nitrogens with zero attached hydrogens (tertiary/aromatic N) is 3. The summed E-state index contributed by atoms with van der Waals surface area (Å²) in [6.45, 7) is 2.11. The lowest BCUT2D eigenvalue weighted by atomic mass is 10.1. The van der Waals surface area contributed by atoms with E-state index in [-0.39, 0.29) is 5.91 Å². The van der Waals surface area contributed by atoms with Crippen LogP contribution in [0, 0.1) is 3.57 Å².